The Kier molecular flexibility index (Phi) is 3.79. The summed E-state index contributed by atoms with van der Waals surface area (Å²) in [6, 6.07) is 0. The van der Waals surface area contributed by atoms with Gasteiger partial charge in [-0.15, -0.1) is 0 Å². The van der Waals surface area contributed by atoms with Crippen molar-refractivity contribution in [1.29, 1.82) is 0 Å². The van der Waals surface area contributed by atoms with Crippen molar-refractivity contribution < 1.29 is 18.8 Å². The quantitative estimate of drug-likeness (QED) is 0.787. The largest absolute Gasteiger partial charge is 0.340 e. The first kappa shape index (κ1) is 12.1. The number of aromatic nitrogens is 2. The van der Waals surface area contributed by atoms with E-state index in [0.29, 0.717) is 0 Å². The molecule has 2 unspecified atom stereocenters. The Balaban J connectivity index is 2.81. The summed E-state index contributed by atoms with van der Waals surface area (Å²) in [5.41, 5.74) is -1.09. The van der Waals surface area contributed by atoms with E-state index < -0.39 is 19.2 Å². The Morgan fingerprint density at radius 1 is 1.73 bits per heavy atom. The fourth-order valence-electron chi connectivity index (χ4n) is 1.04. The minimum atomic E-state index is -3.88. The molecule has 0 radical (unpaired) electrons. The highest BCUT2D eigenvalue weighted by molar-refractivity contribution is 7.54. The molecular weight excluding hydrogens is 219 g/mol. The fourth-order valence-corrected chi connectivity index (χ4v) is 2.05. The summed E-state index contributed by atoms with van der Waals surface area (Å²) in [5.74, 6) is -0.508. The lowest BCUT2D eigenvalue weighted by Gasteiger charge is -2.16. The van der Waals surface area contributed by atoms with E-state index in [9.17, 15) is 14.3 Å². The van der Waals surface area contributed by atoms with Crippen LogP contribution in [0.15, 0.2) is 18.7 Å². The molecule has 0 spiro atoms. The predicted octanol–water partition coefficient (Wildman–Crippen LogP) is 1.13. The van der Waals surface area contributed by atoms with Crippen LogP contribution < -0.4 is 0 Å². The van der Waals surface area contributed by atoms with Crippen molar-refractivity contribution in [2.45, 2.75) is 19.5 Å². The average Bonchev–Trinajstić information content (AvgIpc) is 2.68. The molecule has 0 fully saturated rings. The van der Waals surface area contributed by atoms with E-state index in [1.54, 1.807) is 6.92 Å². The third-order valence-corrected chi connectivity index (χ3v) is 3.75. The summed E-state index contributed by atoms with van der Waals surface area (Å²) in [6.07, 6.45) is 4.13. The van der Waals surface area contributed by atoms with Crippen LogP contribution in [0.25, 0.3) is 0 Å². The van der Waals surface area contributed by atoms with Gasteiger partial charge in [0, 0.05) is 12.4 Å². The molecule has 0 saturated heterocycles. The van der Waals surface area contributed by atoms with Gasteiger partial charge in [-0.3, -0.25) is 13.9 Å². The smallest absolute Gasteiger partial charge is 0.324 e. The summed E-state index contributed by atoms with van der Waals surface area (Å²) in [7, 11) is -3.88. The van der Waals surface area contributed by atoms with Gasteiger partial charge < -0.3 is 9.42 Å². The molecule has 0 aliphatic heterocycles. The predicted molar refractivity (Wildman–Crippen MR) is 53.8 cm³/mol. The Hall–Kier alpha value is -0.970. The maximum Gasteiger partial charge on any atom is 0.340 e. The first-order valence-electron chi connectivity index (χ1n) is 4.48. The standard InChI is InChI=1S/C8H13N2O4P/c1-3-14-15(12,13)7(2)8(11)10-5-4-9-6-10/h4-7H,3H2,1-2H3,(H,12,13). The van der Waals surface area contributed by atoms with E-state index in [1.165, 1.54) is 25.6 Å². The van der Waals surface area contributed by atoms with Crippen molar-refractivity contribution in [3.63, 3.8) is 0 Å². The second kappa shape index (κ2) is 4.70. The van der Waals surface area contributed by atoms with Crippen LogP contribution in [0.1, 0.15) is 18.6 Å². The second-order valence-corrected chi connectivity index (χ2v) is 5.13. The zero-order valence-electron chi connectivity index (χ0n) is 8.53. The summed E-state index contributed by atoms with van der Waals surface area (Å²) in [4.78, 5) is 24.8. The van der Waals surface area contributed by atoms with Gasteiger partial charge in [-0.2, -0.15) is 0 Å². The number of hydrogen-bond donors (Lipinski definition) is 1. The molecule has 0 amide bonds. The van der Waals surface area contributed by atoms with Crippen molar-refractivity contribution in [2.75, 3.05) is 6.61 Å². The molecule has 0 saturated carbocycles. The van der Waals surface area contributed by atoms with Gasteiger partial charge in [0.2, 0.25) is 5.91 Å². The van der Waals surface area contributed by atoms with Crippen molar-refractivity contribution in [3.05, 3.63) is 18.7 Å². The summed E-state index contributed by atoms with van der Waals surface area (Å²) in [6.45, 7) is 3.05. The molecule has 0 aliphatic rings. The molecule has 0 aliphatic carbocycles. The minimum Gasteiger partial charge on any atom is -0.324 e. The van der Waals surface area contributed by atoms with Crippen LogP contribution >= 0.6 is 7.60 Å². The van der Waals surface area contributed by atoms with Crippen molar-refractivity contribution in [2.24, 2.45) is 0 Å². The van der Waals surface area contributed by atoms with Crippen molar-refractivity contribution in [1.82, 2.24) is 9.55 Å². The van der Waals surface area contributed by atoms with Crippen LogP contribution in [0.5, 0.6) is 0 Å². The normalized spacial score (nSPS) is 17.0. The van der Waals surface area contributed by atoms with Gasteiger partial charge in [-0.05, 0) is 13.8 Å². The molecule has 84 valence electrons. The topological polar surface area (TPSA) is 81.4 Å². The van der Waals surface area contributed by atoms with Gasteiger partial charge in [0.05, 0.1) is 6.61 Å². The molecule has 1 aromatic rings. The number of carbonyl (C=O) groups is 1. The van der Waals surface area contributed by atoms with Gasteiger partial charge in [0.15, 0.2) is 0 Å². The molecule has 1 heterocycles. The number of nitrogens with zero attached hydrogens (tertiary/aromatic N) is 2. The highest BCUT2D eigenvalue weighted by Gasteiger charge is 2.34. The fraction of sp³-hybridized carbons (Fsp3) is 0.500. The zero-order chi connectivity index (χ0) is 11.5. The second-order valence-electron chi connectivity index (χ2n) is 2.97. The minimum absolute atomic E-state index is 0.0926. The SMILES string of the molecule is CCOP(=O)(O)C(C)C(=O)n1ccnc1. The van der Waals surface area contributed by atoms with Gasteiger partial charge in [0.25, 0.3) is 0 Å². The Labute approximate surface area is 87.4 Å². The Morgan fingerprint density at radius 2 is 2.40 bits per heavy atom. The van der Waals surface area contributed by atoms with E-state index in [2.05, 4.69) is 9.51 Å². The molecule has 0 bridgehead atoms. The van der Waals surface area contributed by atoms with E-state index >= 15 is 0 Å². The molecule has 15 heavy (non-hydrogen) atoms. The van der Waals surface area contributed by atoms with Gasteiger partial charge >= 0.3 is 7.60 Å². The average molecular weight is 232 g/mol. The summed E-state index contributed by atoms with van der Waals surface area (Å²) in [5, 5.41) is 0. The lowest BCUT2D eigenvalue weighted by Crippen LogP contribution is -2.24. The summed E-state index contributed by atoms with van der Waals surface area (Å²) < 4.78 is 17.4. The molecule has 0 aromatic carbocycles. The molecule has 2 atom stereocenters. The molecule has 1 N–H and O–H groups in total. The highest BCUT2D eigenvalue weighted by atomic mass is 31.2. The van der Waals surface area contributed by atoms with Crippen molar-refractivity contribution >= 4 is 13.5 Å². The molecule has 7 heteroatoms. The molecule has 6 nitrogen and oxygen atoms in total. The van der Waals surface area contributed by atoms with Crippen LogP contribution in [-0.2, 0) is 9.09 Å². The van der Waals surface area contributed by atoms with E-state index in [1.807, 2.05) is 0 Å². The summed E-state index contributed by atoms with van der Waals surface area (Å²) >= 11 is 0. The maximum absolute atomic E-state index is 11.6. The zero-order valence-corrected chi connectivity index (χ0v) is 9.42. The number of imidazole rings is 1. The van der Waals surface area contributed by atoms with Crippen molar-refractivity contribution in [3.8, 4) is 0 Å². The lowest BCUT2D eigenvalue weighted by molar-refractivity contribution is 0.0899. The third kappa shape index (κ3) is 2.75. The first-order chi connectivity index (χ1) is 6.99. The van der Waals surface area contributed by atoms with E-state index in [0.717, 1.165) is 4.57 Å². The molecule has 1 rings (SSSR count). The van der Waals surface area contributed by atoms with E-state index in [-0.39, 0.29) is 6.61 Å². The van der Waals surface area contributed by atoms with Crippen LogP contribution in [0.2, 0.25) is 0 Å². The van der Waals surface area contributed by atoms with Crippen LogP contribution in [0.3, 0.4) is 0 Å². The molecule has 1 aromatic heterocycles. The van der Waals surface area contributed by atoms with E-state index in [4.69, 9.17) is 0 Å². The molecular formula is C8H13N2O4P. The van der Waals surface area contributed by atoms with Crippen LogP contribution in [-0.4, -0.2) is 32.6 Å². The third-order valence-electron chi connectivity index (χ3n) is 1.92. The number of rotatable bonds is 4. The highest BCUT2D eigenvalue weighted by Crippen LogP contribution is 2.47. The monoisotopic (exact) mass is 232 g/mol. The first-order valence-corrected chi connectivity index (χ1v) is 6.13. The number of carbonyl (C=O) groups excluding carboxylic acids is 1. The Morgan fingerprint density at radius 3 is 2.87 bits per heavy atom. The van der Waals surface area contributed by atoms with Gasteiger partial charge in [-0.1, -0.05) is 0 Å². The van der Waals surface area contributed by atoms with Gasteiger partial charge in [0.1, 0.15) is 12.0 Å². The Bertz CT molecular complexity index is 376. The van der Waals surface area contributed by atoms with Gasteiger partial charge in [-0.25, -0.2) is 4.98 Å². The van der Waals surface area contributed by atoms with Crippen LogP contribution in [0, 0.1) is 0 Å². The van der Waals surface area contributed by atoms with Crippen LogP contribution in [0.4, 0.5) is 0 Å². The maximum atomic E-state index is 11.6. The lowest BCUT2D eigenvalue weighted by atomic mass is 10.4. The number of hydrogen-bond acceptors (Lipinski definition) is 4.